The van der Waals surface area contributed by atoms with Gasteiger partial charge >= 0.3 is 0 Å². The van der Waals surface area contributed by atoms with E-state index in [1.165, 1.54) is 0 Å². The lowest BCUT2D eigenvalue weighted by Gasteiger charge is -2.14. The number of H-pyrrole nitrogens is 1. The Labute approximate surface area is 103 Å². The molecule has 1 aromatic heterocycles. The van der Waals surface area contributed by atoms with Crippen molar-refractivity contribution in [3.63, 3.8) is 0 Å². The normalized spacial score (nSPS) is 12.6. The number of nitrogens with zero attached hydrogens (tertiary/aromatic N) is 2. The molecule has 3 N–H and O–H groups in total. The Morgan fingerprint density at radius 1 is 1.56 bits per heavy atom. The number of aromatic nitrogens is 3. The van der Waals surface area contributed by atoms with E-state index in [1.807, 2.05) is 31.2 Å². The molecule has 2 rings (SSSR count). The fourth-order valence-corrected chi connectivity index (χ4v) is 2.10. The van der Waals surface area contributed by atoms with Crippen molar-refractivity contribution < 1.29 is 0 Å². The van der Waals surface area contributed by atoms with E-state index in [9.17, 15) is 0 Å². The summed E-state index contributed by atoms with van der Waals surface area (Å²) in [5.41, 5.74) is 6.78. The van der Waals surface area contributed by atoms with Crippen molar-refractivity contribution in [2.75, 3.05) is 5.73 Å². The van der Waals surface area contributed by atoms with Crippen LogP contribution in [0.25, 0.3) is 0 Å². The molecule has 4 nitrogen and oxygen atoms in total. The summed E-state index contributed by atoms with van der Waals surface area (Å²) in [5.74, 6) is 0.373. The van der Waals surface area contributed by atoms with Gasteiger partial charge in [0.1, 0.15) is 0 Å². The monoisotopic (exact) mass is 254 g/mol. The summed E-state index contributed by atoms with van der Waals surface area (Å²) < 4.78 is 2.26. The predicted octanol–water partition coefficient (Wildman–Crippen LogP) is 2.79. The molecular formula is C10H11ClN4S. The minimum absolute atomic E-state index is 0.00458. The first-order chi connectivity index (χ1) is 7.59. The van der Waals surface area contributed by atoms with E-state index < -0.39 is 0 Å². The summed E-state index contributed by atoms with van der Waals surface area (Å²) in [4.78, 5) is 0. The molecule has 0 bridgehead atoms. The molecule has 1 aromatic carbocycles. The number of anilines is 1. The molecule has 1 heterocycles. The van der Waals surface area contributed by atoms with E-state index in [4.69, 9.17) is 29.6 Å². The highest BCUT2D eigenvalue weighted by molar-refractivity contribution is 7.71. The van der Waals surface area contributed by atoms with Crippen LogP contribution in [0, 0.1) is 4.77 Å². The Morgan fingerprint density at radius 3 is 2.88 bits per heavy atom. The minimum atomic E-state index is 0.00458. The predicted molar refractivity (Wildman–Crippen MR) is 67.1 cm³/mol. The minimum Gasteiger partial charge on any atom is -0.368 e. The molecule has 1 atom stereocenters. The van der Waals surface area contributed by atoms with Crippen LogP contribution in [-0.2, 0) is 0 Å². The lowest BCUT2D eigenvalue weighted by molar-refractivity contribution is 0.637. The third kappa shape index (κ3) is 1.96. The molecule has 0 amide bonds. The fraction of sp³-hybridized carbons (Fsp3) is 0.200. The van der Waals surface area contributed by atoms with Crippen molar-refractivity contribution >= 4 is 29.8 Å². The van der Waals surface area contributed by atoms with Gasteiger partial charge in [0, 0.05) is 5.02 Å². The largest absolute Gasteiger partial charge is 0.368 e. The van der Waals surface area contributed by atoms with Gasteiger partial charge < -0.3 is 5.73 Å². The van der Waals surface area contributed by atoms with E-state index in [2.05, 4.69) is 10.2 Å². The van der Waals surface area contributed by atoms with Crippen LogP contribution >= 0.6 is 23.8 Å². The topological polar surface area (TPSA) is 59.6 Å². The first-order valence-electron chi connectivity index (χ1n) is 4.77. The molecule has 0 saturated heterocycles. The first kappa shape index (κ1) is 11.2. The number of hydrogen-bond acceptors (Lipinski definition) is 3. The van der Waals surface area contributed by atoms with Crippen LogP contribution in [0.1, 0.15) is 18.5 Å². The Morgan fingerprint density at radius 2 is 2.31 bits per heavy atom. The number of nitrogen functional groups attached to an aromatic ring is 1. The SMILES string of the molecule is CC(c1cccc(Cl)c1)n1c(N)n[nH]c1=S. The summed E-state index contributed by atoms with van der Waals surface area (Å²) in [6.07, 6.45) is 0. The lowest BCUT2D eigenvalue weighted by Crippen LogP contribution is -2.10. The number of nitrogens with two attached hydrogens (primary N) is 1. The Kier molecular flexibility index (Phi) is 2.98. The molecule has 16 heavy (non-hydrogen) atoms. The van der Waals surface area contributed by atoms with E-state index in [0.717, 1.165) is 5.56 Å². The maximum atomic E-state index is 5.94. The van der Waals surface area contributed by atoms with Crippen molar-refractivity contribution in [2.45, 2.75) is 13.0 Å². The molecule has 6 heteroatoms. The van der Waals surface area contributed by atoms with Crippen molar-refractivity contribution in [3.05, 3.63) is 39.6 Å². The zero-order chi connectivity index (χ0) is 11.7. The molecule has 0 radical (unpaired) electrons. The highest BCUT2D eigenvalue weighted by Crippen LogP contribution is 2.22. The Bertz CT molecular complexity index is 560. The third-order valence-corrected chi connectivity index (χ3v) is 2.97. The smallest absolute Gasteiger partial charge is 0.221 e. The molecule has 2 aromatic rings. The number of nitrogens with one attached hydrogen (secondary N) is 1. The third-order valence-electron chi connectivity index (χ3n) is 2.45. The van der Waals surface area contributed by atoms with Gasteiger partial charge in [-0.1, -0.05) is 23.7 Å². The number of halogens is 1. The van der Waals surface area contributed by atoms with Gasteiger partial charge in [-0.3, -0.25) is 4.57 Å². The molecule has 0 spiro atoms. The van der Waals surface area contributed by atoms with Crippen LogP contribution < -0.4 is 5.73 Å². The van der Waals surface area contributed by atoms with Crippen LogP contribution in [-0.4, -0.2) is 14.8 Å². The highest BCUT2D eigenvalue weighted by Gasteiger charge is 2.12. The second-order valence-corrected chi connectivity index (χ2v) is 4.31. The van der Waals surface area contributed by atoms with Crippen LogP contribution in [0.3, 0.4) is 0 Å². The summed E-state index contributed by atoms with van der Waals surface area (Å²) in [6, 6.07) is 7.60. The summed E-state index contributed by atoms with van der Waals surface area (Å²) in [7, 11) is 0. The number of rotatable bonds is 2. The average Bonchev–Trinajstić information content (AvgIpc) is 2.58. The van der Waals surface area contributed by atoms with Gasteiger partial charge in [0.05, 0.1) is 6.04 Å². The Hall–Kier alpha value is -1.33. The standard InChI is InChI=1S/C10H11ClN4S/c1-6(7-3-2-4-8(11)5-7)15-9(12)13-14-10(15)16/h2-6H,1H3,(H2,12,13)(H,14,16). The van der Waals surface area contributed by atoms with E-state index >= 15 is 0 Å². The number of aromatic amines is 1. The van der Waals surface area contributed by atoms with Gasteiger partial charge in [-0.05, 0) is 36.8 Å². The van der Waals surface area contributed by atoms with Gasteiger partial charge in [0.15, 0.2) is 4.77 Å². The van der Waals surface area contributed by atoms with Crippen molar-refractivity contribution in [2.24, 2.45) is 0 Å². The van der Waals surface area contributed by atoms with Crippen LogP contribution in [0.5, 0.6) is 0 Å². The van der Waals surface area contributed by atoms with E-state index in [1.54, 1.807) is 4.57 Å². The second-order valence-electron chi connectivity index (χ2n) is 3.49. The fourth-order valence-electron chi connectivity index (χ4n) is 1.61. The zero-order valence-corrected chi connectivity index (χ0v) is 10.2. The molecule has 0 aliphatic rings. The molecule has 1 unspecified atom stereocenters. The highest BCUT2D eigenvalue weighted by atomic mass is 35.5. The number of benzene rings is 1. The molecule has 0 saturated carbocycles. The van der Waals surface area contributed by atoms with Gasteiger partial charge in [0.25, 0.3) is 0 Å². The molecular weight excluding hydrogens is 244 g/mol. The van der Waals surface area contributed by atoms with Gasteiger partial charge in [-0.25, -0.2) is 5.10 Å². The van der Waals surface area contributed by atoms with Gasteiger partial charge in [-0.15, -0.1) is 5.10 Å². The molecule has 84 valence electrons. The first-order valence-corrected chi connectivity index (χ1v) is 5.56. The lowest BCUT2D eigenvalue weighted by atomic mass is 10.1. The quantitative estimate of drug-likeness (QED) is 0.811. The average molecular weight is 255 g/mol. The maximum absolute atomic E-state index is 5.94. The van der Waals surface area contributed by atoms with Crippen LogP contribution in [0.4, 0.5) is 5.95 Å². The molecule has 0 aliphatic carbocycles. The van der Waals surface area contributed by atoms with Crippen LogP contribution in [0.2, 0.25) is 5.02 Å². The van der Waals surface area contributed by atoms with Gasteiger partial charge in [0.2, 0.25) is 5.95 Å². The van der Waals surface area contributed by atoms with Crippen LogP contribution in [0.15, 0.2) is 24.3 Å². The summed E-state index contributed by atoms with van der Waals surface area (Å²) in [5, 5.41) is 7.23. The van der Waals surface area contributed by atoms with Crippen molar-refractivity contribution in [1.82, 2.24) is 14.8 Å². The van der Waals surface area contributed by atoms with Gasteiger partial charge in [-0.2, -0.15) is 0 Å². The zero-order valence-electron chi connectivity index (χ0n) is 8.64. The molecule has 0 aliphatic heterocycles. The maximum Gasteiger partial charge on any atom is 0.221 e. The van der Waals surface area contributed by atoms with Crippen molar-refractivity contribution in [3.8, 4) is 0 Å². The second kappa shape index (κ2) is 4.27. The van der Waals surface area contributed by atoms with E-state index in [0.29, 0.717) is 15.7 Å². The Balaban J connectivity index is 2.47. The number of hydrogen-bond donors (Lipinski definition) is 2. The molecule has 0 fully saturated rings. The van der Waals surface area contributed by atoms with Crippen molar-refractivity contribution in [1.29, 1.82) is 0 Å². The van der Waals surface area contributed by atoms with E-state index in [-0.39, 0.29) is 6.04 Å². The summed E-state index contributed by atoms with van der Waals surface area (Å²) in [6.45, 7) is 1.99. The summed E-state index contributed by atoms with van der Waals surface area (Å²) >= 11 is 11.1.